The lowest BCUT2D eigenvalue weighted by molar-refractivity contribution is 0.304. The second-order valence-corrected chi connectivity index (χ2v) is 8.42. The number of ether oxygens (including phenoxy) is 2. The highest BCUT2D eigenvalue weighted by atomic mass is 35.5. The molecule has 4 rings (SSSR count). The molecule has 5 nitrogen and oxygen atoms in total. The van der Waals surface area contributed by atoms with Crippen LogP contribution in [0.25, 0.3) is 0 Å². The van der Waals surface area contributed by atoms with Crippen molar-refractivity contribution < 1.29 is 9.47 Å². The van der Waals surface area contributed by atoms with Crippen LogP contribution in [0.15, 0.2) is 41.5 Å². The molecule has 0 spiro atoms. The van der Waals surface area contributed by atoms with Crippen LogP contribution in [-0.2, 0) is 0 Å². The van der Waals surface area contributed by atoms with Crippen molar-refractivity contribution in [2.45, 2.75) is 31.2 Å². The summed E-state index contributed by atoms with van der Waals surface area (Å²) in [6.45, 7) is 5.64. The van der Waals surface area contributed by atoms with E-state index in [1.54, 1.807) is 7.11 Å². The Hall–Kier alpha value is -1.92. The third kappa shape index (κ3) is 3.36. The van der Waals surface area contributed by atoms with Crippen molar-refractivity contribution in [2.75, 3.05) is 20.3 Å². The number of benzene rings is 1. The zero-order valence-electron chi connectivity index (χ0n) is 15.6. The molecule has 27 heavy (non-hydrogen) atoms. The van der Waals surface area contributed by atoms with Crippen molar-refractivity contribution in [1.29, 1.82) is 0 Å². The van der Waals surface area contributed by atoms with Gasteiger partial charge in [0, 0.05) is 18.0 Å². The van der Waals surface area contributed by atoms with Crippen LogP contribution in [0.1, 0.15) is 37.2 Å². The van der Waals surface area contributed by atoms with Crippen LogP contribution in [0.3, 0.4) is 0 Å². The Bertz CT molecular complexity index is 862. The van der Waals surface area contributed by atoms with Gasteiger partial charge in [-0.2, -0.15) is 0 Å². The van der Waals surface area contributed by atoms with Crippen LogP contribution in [0.4, 0.5) is 0 Å². The van der Waals surface area contributed by atoms with Crippen molar-refractivity contribution in [3.63, 3.8) is 0 Å². The Morgan fingerprint density at radius 3 is 2.89 bits per heavy atom. The van der Waals surface area contributed by atoms with Crippen molar-refractivity contribution in [3.05, 3.63) is 52.8 Å². The number of aliphatic imine (C=N–C) groups is 1. The predicted octanol–water partition coefficient (Wildman–Crippen LogP) is 4.73. The third-order valence-corrected chi connectivity index (χ3v) is 6.15. The first-order chi connectivity index (χ1) is 13.1. The van der Waals surface area contributed by atoms with Gasteiger partial charge in [-0.1, -0.05) is 36.4 Å². The maximum atomic E-state index is 6.55. The maximum Gasteiger partial charge on any atom is 0.179 e. The molecule has 2 aromatic rings. The first-order valence-electron chi connectivity index (χ1n) is 9.04. The number of thioether (sulfide) groups is 1. The van der Waals surface area contributed by atoms with Crippen molar-refractivity contribution in [2.24, 2.45) is 4.99 Å². The van der Waals surface area contributed by atoms with Crippen LogP contribution in [-0.4, -0.2) is 40.6 Å². The normalized spacial score (nSPS) is 23.9. The van der Waals surface area contributed by atoms with Gasteiger partial charge in [-0.15, -0.1) is 0 Å². The third-order valence-electron chi connectivity index (χ3n) is 4.76. The fraction of sp³-hybridized carbons (Fsp3) is 0.400. The van der Waals surface area contributed by atoms with E-state index >= 15 is 0 Å². The summed E-state index contributed by atoms with van der Waals surface area (Å²) in [4.78, 5) is 11.9. The lowest BCUT2D eigenvalue weighted by Gasteiger charge is -2.28. The second kappa shape index (κ2) is 7.60. The molecule has 1 aromatic heterocycles. The number of hydrogen-bond acceptors (Lipinski definition) is 6. The summed E-state index contributed by atoms with van der Waals surface area (Å²) in [7, 11) is 1.64. The highest BCUT2D eigenvalue weighted by Crippen LogP contribution is 2.49. The molecule has 0 saturated carbocycles. The Morgan fingerprint density at radius 2 is 2.19 bits per heavy atom. The van der Waals surface area contributed by atoms with E-state index in [1.165, 1.54) is 0 Å². The van der Waals surface area contributed by atoms with E-state index in [4.69, 9.17) is 26.1 Å². The minimum absolute atomic E-state index is 0.0365. The fourth-order valence-corrected chi connectivity index (χ4v) is 5.04. The van der Waals surface area contributed by atoms with E-state index in [-0.39, 0.29) is 12.1 Å². The standard InChI is InChI=1S/C20H22ClN3O2S/c1-4-26-19-14(21)9-13(10-16(19)25-3)18-17(15-7-5-6-8-22-15)23-20-24(18)11-12(2)27-20/h5-10,12,17-18H,4,11H2,1-3H3. The van der Waals surface area contributed by atoms with Gasteiger partial charge in [-0.05, 0) is 36.8 Å². The summed E-state index contributed by atoms with van der Waals surface area (Å²) < 4.78 is 11.2. The molecule has 0 radical (unpaired) electrons. The van der Waals surface area contributed by atoms with Crippen LogP contribution < -0.4 is 9.47 Å². The minimum Gasteiger partial charge on any atom is -0.493 e. The Morgan fingerprint density at radius 1 is 1.33 bits per heavy atom. The second-order valence-electron chi connectivity index (χ2n) is 6.60. The van der Waals surface area contributed by atoms with E-state index in [0.29, 0.717) is 28.4 Å². The van der Waals surface area contributed by atoms with Crippen LogP contribution in [0.5, 0.6) is 11.5 Å². The number of hydrogen-bond donors (Lipinski definition) is 0. The topological polar surface area (TPSA) is 47.0 Å². The minimum atomic E-state index is -0.0695. The van der Waals surface area contributed by atoms with Gasteiger partial charge < -0.3 is 14.4 Å². The summed E-state index contributed by atoms with van der Waals surface area (Å²) in [6.07, 6.45) is 1.82. The average molecular weight is 404 g/mol. The highest BCUT2D eigenvalue weighted by molar-refractivity contribution is 8.14. The molecule has 0 amide bonds. The number of rotatable bonds is 5. The van der Waals surface area contributed by atoms with Gasteiger partial charge in [0.05, 0.1) is 30.5 Å². The van der Waals surface area contributed by atoms with Crippen molar-refractivity contribution in [1.82, 2.24) is 9.88 Å². The van der Waals surface area contributed by atoms with Crippen LogP contribution in [0.2, 0.25) is 5.02 Å². The molecule has 0 N–H and O–H groups in total. The van der Waals surface area contributed by atoms with Gasteiger partial charge in [0.15, 0.2) is 16.7 Å². The SMILES string of the molecule is CCOc1c(Cl)cc(C2C(c3ccccn3)N=C3SC(C)CN32)cc1OC. The monoisotopic (exact) mass is 403 g/mol. The fourth-order valence-electron chi connectivity index (χ4n) is 3.67. The molecule has 0 bridgehead atoms. The highest BCUT2D eigenvalue weighted by Gasteiger charge is 2.43. The number of nitrogens with zero attached hydrogens (tertiary/aromatic N) is 3. The largest absolute Gasteiger partial charge is 0.493 e. The predicted molar refractivity (Wildman–Crippen MR) is 110 cm³/mol. The summed E-state index contributed by atoms with van der Waals surface area (Å²) in [6, 6.07) is 9.92. The van der Waals surface area contributed by atoms with Crippen molar-refractivity contribution >= 4 is 28.5 Å². The van der Waals surface area contributed by atoms with E-state index in [0.717, 1.165) is 23.0 Å². The number of aromatic nitrogens is 1. The first-order valence-corrected chi connectivity index (χ1v) is 10.3. The quantitative estimate of drug-likeness (QED) is 0.722. The van der Waals surface area contributed by atoms with Gasteiger partial charge in [0.1, 0.15) is 6.04 Å². The lowest BCUT2D eigenvalue weighted by atomic mass is 9.96. The molecule has 1 fully saturated rings. The molecule has 3 atom stereocenters. The zero-order chi connectivity index (χ0) is 19.0. The summed E-state index contributed by atoms with van der Waals surface area (Å²) in [5.74, 6) is 1.23. The Kier molecular flexibility index (Phi) is 5.19. The van der Waals surface area contributed by atoms with Crippen LogP contribution >= 0.6 is 23.4 Å². The first kappa shape index (κ1) is 18.4. The van der Waals surface area contributed by atoms with Gasteiger partial charge in [-0.25, -0.2) is 0 Å². The summed E-state index contributed by atoms with van der Waals surface area (Å²) >= 11 is 8.37. The van der Waals surface area contributed by atoms with E-state index < -0.39 is 0 Å². The molecule has 1 aromatic carbocycles. The molecule has 0 aliphatic carbocycles. The number of halogens is 1. The molecule has 142 valence electrons. The molecule has 3 unspecified atom stereocenters. The van der Waals surface area contributed by atoms with Gasteiger partial charge >= 0.3 is 0 Å². The van der Waals surface area contributed by atoms with E-state index in [2.05, 4.69) is 16.8 Å². The number of amidine groups is 1. The Labute approximate surface area is 168 Å². The lowest BCUT2D eigenvalue weighted by Crippen LogP contribution is -2.28. The van der Waals surface area contributed by atoms with Gasteiger partial charge in [-0.3, -0.25) is 9.98 Å². The smallest absolute Gasteiger partial charge is 0.179 e. The molecular weight excluding hydrogens is 382 g/mol. The molecule has 2 aliphatic heterocycles. The molecule has 1 saturated heterocycles. The zero-order valence-corrected chi connectivity index (χ0v) is 17.1. The molecule has 2 aliphatic rings. The number of pyridine rings is 1. The molecule has 7 heteroatoms. The maximum absolute atomic E-state index is 6.55. The molecular formula is C20H22ClN3O2S. The van der Waals surface area contributed by atoms with E-state index in [1.807, 2.05) is 55.2 Å². The summed E-state index contributed by atoms with van der Waals surface area (Å²) in [5, 5.41) is 2.14. The van der Waals surface area contributed by atoms with E-state index in [9.17, 15) is 0 Å². The Balaban J connectivity index is 1.79. The van der Waals surface area contributed by atoms with Gasteiger partial charge in [0.25, 0.3) is 0 Å². The molecule has 3 heterocycles. The van der Waals surface area contributed by atoms with Crippen LogP contribution in [0, 0.1) is 0 Å². The van der Waals surface area contributed by atoms with Gasteiger partial charge in [0.2, 0.25) is 0 Å². The number of fused-ring (bicyclic) bond motifs is 1. The summed E-state index contributed by atoms with van der Waals surface area (Å²) in [5.41, 5.74) is 2.02. The number of methoxy groups -OCH3 is 1. The van der Waals surface area contributed by atoms with Crippen molar-refractivity contribution in [3.8, 4) is 11.5 Å². The average Bonchev–Trinajstić information content (AvgIpc) is 3.20.